The molecule has 1 aromatic rings. The SMILES string of the molecule is Cc1ccc(NC(=O)NC(=O)COC(=O)CN2C(=O)NC(C)(C)C2=O)c(C)c1. The fraction of sp³-hybridized carbons (Fsp3) is 0.389. The third-order valence-electron chi connectivity index (χ3n) is 3.98. The third kappa shape index (κ3) is 5.06. The lowest BCUT2D eigenvalue weighted by Gasteiger charge is -2.15. The summed E-state index contributed by atoms with van der Waals surface area (Å²) in [5.41, 5.74) is 1.28. The average Bonchev–Trinajstić information content (AvgIpc) is 2.77. The normalized spacial score (nSPS) is 15.1. The van der Waals surface area contributed by atoms with Crippen molar-refractivity contribution in [2.75, 3.05) is 18.5 Å². The van der Waals surface area contributed by atoms with E-state index in [1.165, 1.54) is 13.8 Å². The van der Waals surface area contributed by atoms with E-state index in [2.05, 4.69) is 10.6 Å². The van der Waals surface area contributed by atoms with Crippen LogP contribution in [0.25, 0.3) is 0 Å². The van der Waals surface area contributed by atoms with Gasteiger partial charge >= 0.3 is 18.0 Å². The second kappa shape index (κ2) is 8.07. The van der Waals surface area contributed by atoms with Crippen molar-refractivity contribution >= 4 is 35.5 Å². The van der Waals surface area contributed by atoms with Crippen molar-refractivity contribution in [1.82, 2.24) is 15.5 Å². The largest absolute Gasteiger partial charge is 0.454 e. The molecule has 0 unspecified atom stereocenters. The van der Waals surface area contributed by atoms with Crippen LogP contribution in [0.3, 0.4) is 0 Å². The van der Waals surface area contributed by atoms with Gasteiger partial charge < -0.3 is 15.4 Å². The molecule has 10 nitrogen and oxygen atoms in total. The number of aryl methyl sites for hydroxylation is 2. The first-order valence-corrected chi connectivity index (χ1v) is 8.47. The highest BCUT2D eigenvalue weighted by Crippen LogP contribution is 2.16. The Bertz CT molecular complexity index is 848. The van der Waals surface area contributed by atoms with Gasteiger partial charge in [-0.25, -0.2) is 9.59 Å². The molecule has 28 heavy (non-hydrogen) atoms. The molecule has 1 saturated heterocycles. The van der Waals surface area contributed by atoms with E-state index < -0.39 is 48.5 Å². The number of carbonyl (C=O) groups is 5. The molecule has 150 valence electrons. The highest BCUT2D eigenvalue weighted by molar-refractivity contribution is 6.08. The van der Waals surface area contributed by atoms with Crippen LogP contribution in [-0.2, 0) is 19.1 Å². The first-order valence-electron chi connectivity index (χ1n) is 8.47. The van der Waals surface area contributed by atoms with Crippen molar-refractivity contribution in [3.05, 3.63) is 29.3 Å². The minimum absolute atomic E-state index is 0.536. The summed E-state index contributed by atoms with van der Waals surface area (Å²) >= 11 is 0. The smallest absolute Gasteiger partial charge is 0.326 e. The van der Waals surface area contributed by atoms with Gasteiger partial charge in [0.25, 0.3) is 11.8 Å². The van der Waals surface area contributed by atoms with E-state index in [4.69, 9.17) is 4.74 Å². The van der Waals surface area contributed by atoms with Gasteiger partial charge in [-0.05, 0) is 39.3 Å². The zero-order valence-corrected chi connectivity index (χ0v) is 16.0. The van der Waals surface area contributed by atoms with Gasteiger partial charge in [0.15, 0.2) is 6.61 Å². The molecule has 0 aliphatic carbocycles. The molecule has 1 aliphatic heterocycles. The maximum atomic E-state index is 12.0. The van der Waals surface area contributed by atoms with Crippen LogP contribution in [0.1, 0.15) is 25.0 Å². The summed E-state index contributed by atoms with van der Waals surface area (Å²) in [5, 5.41) is 6.96. The Morgan fingerprint density at radius 1 is 1.18 bits per heavy atom. The van der Waals surface area contributed by atoms with Crippen molar-refractivity contribution in [1.29, 1.82) is 0 Å². The molecule has 0 spiro atoms. The van der Waals surface area contributed by atoms with Crippen LogP contribution in [0, 0.1) is 13.8 Å². The fourth-order valence-electron chi connectivity index (χ4n) is 2.55. The van der Waals surface area contributed by atoms with Crippen molar-refractivity contribution in [2.24, 2.45) is 0 Å². The maximum Gasteiger partial charge on any atom is 0.326 e. The van der Waals surface area contributed by atoms with Gasteiger partial charge in [0, 0.05) is 5.69 Å². The number of hydrogen-bond acceptors (Lipinski definition) is 6. The molecule has 0 aromatic heterocycles. The van der Waals surface area contributed by atoms with E-state index in [0.717, 1.165) is 11.1 Å². The summed E-state index contributed by atoms with van der Waals surface area (Å²) < 4.78 is 4.72. The molecule has 1 heterocycles. The average molecular weight is 390 g/mol. The Kier molecular flexibility index (Phi) is 6.02. The summed E-state index contributed by atoms with van der Waals surface area (Å²) in [6.07, 6.45) is 0. The number of imide groups is 2. The lowest BCUT2D eigenvalue weighted by atomic mass is 10.1. The molecule has 2 rings (SSSR count). The highest BCUT2D eigenvalue weighted by atomic mass is 16.5. The van der Waals surface area contributed by atoms with Crippen LogP contribution in [-0.4, -0.2) is 53.4 Å². The third-order valence-corrected chi connectivity index (χ3v) is 3.98. The lowest BCUT2D eigenvalue weighted by molar-refractivity contribution is -0.150. The number of nitrogens with one attached hydrogen (secondary N) is 3. The molecule has 0 saturated carbocycles. The Labute approximate surface area is 161 Å². The predicted molar refractivity (Wildman–Crippen MR) is 98.4 cm³/mol. The summed E-state index contributed by atoms with van der Waals surface area (Å²) in [5.74, 6) is -2.38. The Morgan fingerprint density at radius 2 is 1.86 bits per heavy atom. The van der Waals surface area contributed by atoms with E-state index in [-0.39, 0.29) is 0 Å². The van der Waals surface area contributed by atoms with Crippen LogP contribution < -0.4 is 16.0 Å². The number of carbonyl (C=O) groups excluding carboxylic acids is 5. The standard InChI is InChI=1S/C18H22N4O6/c1-10-5-6-12(11(2)7-10)19-16(26)20-13(23)9-28-14(24)8-22-15(25)18(3,4)21-17(22)27/h5-7H,8-9H2,1-4H3,(H,21,27)(H2,19,20,23,26). The first-order chi connectivity index (χ1) is 13.0. The Morgan fingerprint density at radius 3 is 2.43 bits per heavy atom. The number of amides is 6. The quantitative estimate of drug-likeness (QED) is 0.503. The molecule has 1 aromatic carbocycles. The second-order valence-corrected chi connectivity index (χ2v) is 6.93. The van der Waals surface area contributed by atoms with Gasteiger partial charge in [0.05, 0.1) is 0 Å². The summed E-state index contributed by atoms with van der Waals surface area (Å²) in [4.78, 5) is 59.8. The van der Waals surface area contributed by atoms with Gasteiger partial charge in [-0.1, -0.05) is 17.7 Å². The Balaban J connectivity index is 1.79. The van der Waals surface area contributed by atoms with E-state index in [1.54, 1.807) is 6.07 Å². The van der Waals surface area contributed by atoms with E-state index >= 15 is 0 Å². The minimum Gasteiger partial charge on any atom is -0.454 e. The van der Waals surface area contributed by atoms with Crippen molar-refractivity contribution < 1.29 is 28.7 Å². The summed E-state index contributed by atoms with van der Waals surface area (Å²) in [7, 11) is 0. The molecule has 3 N–H and O–H groups in total. The number of hydrogen-bond donors (Lipinski definition) is 3. The van der Waals surface area contributed by atoms with Gasteiger partial charge in [-0.3, -0.25) is 24.6 Å². The van der Waals surface area contributed by atoms with Crippen LogP contribution >= 0.6 is 0 Å². The minimum atomic E-state index is -1.11. The molecule has 10 heteroatoms. The molecule has 6 amide bonds. The molecular formula is C18H22N4O6. The predicted octanol–water partition coefficient (Wildman–Crippen LogP) is 0.825. The van der Waals surface area contributed by atoms with Crippen molar-refractivity contribution in [3.8, 4) is 0 Å². The molecule has 0 bridgehead atoms. The van der Waals surface area contributed by atoms with Crippen molar-refractivity contribution in [2.45, 2.75) is 33.2 Å². The molecule has 1 fully saturated rings. The highest BCUT2D eigenvalue weighted by Gasteiger charge is 2.45. The number of esters is 1. The van der Waals surface area contributed by atoms with Gasteiger partial charge in [-0.15, -0.1) is 0 Å². The van der Waals surface area contributed by atoms with E-state index in [1.807, 2.05) is 31.3 Å². The van der Waals surface area contributed by atoms with E-state index in [9.17, 15) is 24.0 Å². The fourth-order valence-corrected chi connectivity index (χ4v) is 2.55. The maximum absolute atomic E-state index is 12.0. The Hall–Kier alpha value is -3.43. The number of urea groups is 2. The number of ether oxygens (including phenoxy) is 1. The molecule has 1 aliphatic rings. The number of nitrogens with zero attached hydrogens (tertiary/aromatic N) is 1. The zero-order chi connectivity index (χ0) is 21.1. The van der Waals surface area contributed by atoms with E-state index in [0.29, 0.717) is 10.6 Å². The van der Waals surface area contributed by atoms with Crippen LogP contribution in [0.4, 0.5) is 15.3 Å². The van der Waals surface area contributed by atoms with Gasteiger partial charge in [-0.2, -0.15) is 0 Å². The van der Waals surface area contributed by atoms with Gasteiger partial charge in [0.2, 0.25) is 0 Å². The number of benzene rings is 1. The zero-order valence-electron chi connectivity index (χ0n) is 16.0. The first kappa shape index (κ1) is 20.9. The monoisotopic (exact) mass is 390 g/mol. The molecule has 0 radical (unpaired) electrons. The van der Waals surface area contributed by atoms with Crippen LogP contribution in [0.5, 0.6) is 0 Å². The van der Waals surface area contributed by atoms with Crippen LogP contribution in [0.2, 0.25) is 0 Å². The summed E-state index contributed by atoms with van der Waals surface area (Å²) in [6, 6.07) is 3.89. The lowest BCUT2D eigenvalue weighted by Crippen LogP contribution is -2.42. The number of rotatable bonds is 5. The molecule has 0 atom stereocenters. The topological polar surface area (TPSA) is 134 Å². The van der Waals surface area contributed by atoms with Crippen molar-refractivity contribution in [3.63, 3.8) is 0 Å². The van der Waals surface area contributed by atoms with Gasteiger partial charge in [0.1, 0.15) is 12.1 Å². The van der Waals surface area contributed by atoms with Crippen LogP contribution in [0.15, 0.2) is 18.2 Å². The molecular weight excluding hydrogens is 368 g/mol. The summed E-state index contributed by atoms with van der Waals surface area (Å²) in [6.45, 7) is 5.36. The second-order valence-electron chi connectivity index (χ2n) is 6.93. The number of anilines is 1.